The van der Waals surface area contributed by atoms with Crippen molar-refractivity contribution in [2.24, 2.45) is 11.3 Å². The van der Waals surface area contributed by atoms with Gasteiger partial charge in [0, 0.05) is 34.7 Å². The van der Waals surface area contributed by atoms with Gasteiger partial charge >= 0.3 is 5.97 Å². The molecule has 1 saturated heterocycles. The van der Waals surface area contributed by atoms with Crippen molar-refractivity contribution in [1.82, 2.24) is 15.2 Å². The van der Waals surface area contributed by atoms with Crippen LogP contribution in [0.4, 0.5) is 0 Å². The first-order valence-electron chi connectivity index (χ1n) is 11.7. The molecule has 2 N–H and O–H groups in total. The van der Waals surface area contributed by atoms with Gasteiger partial charge in [-0.05, 0) is 31.4 Å². The summed E-state index contributed by atoms with van der Waals surface area (Å²) in [5.41, 5.74) is -0.733. The summed E-state index contributed by atoms with van der Waals surface area (Å²) in [7, 11) is 5.70. The van der Waals surface area contributed by atoms with Crippen LogP contribution in [0.5, 0.6) is 17.2 Å². The van der Waals surface area contributed by atoms with Crippen LogP contribution < -0.4 is 19.5 Å². The number of hydrogen-bond acceptors (Lipinski definition) is 9. The maximum Gasteiger partial charge on any atom is 0.339 e. The minimum absolute atomic E-state index is 0.0364. The lowest BCUT2D eigenvalue weighted by Crippen LogP contribution is -2.52. The summed E-state index contributed by atoms with van der Waals surface area (Å²) in [5, 5.41) is 3.51. The quantitative estimate of drug-likeness (QED) is 0.456. The van der Waals surface area contributed by atoms with E-state index in [0.29, 0.717) is 46.8 Å². The fourth-order valence-corrected chi connectivity index (χ4v) is 6.15. The monoisotopic (exact) mass is 507 g/mol. The summed E-state index contributed by atoms with van der Waals surface area (Å²) in [4.78, 5) is 57.5. The number of aromatic amines is 1. The second kappa shape index (κ2) is 7.37. The number of H-pyrrole nitrogens is 1. The maximum atomic E-state index is 13.8. The molecule has 192 valence electrons. The summed E-state index contributed by atoms with van der Waals surface area (Å²) in [6, 6.07) is 3.43. The number of carbonyl (C=O) groups is 4. The highest BCUT2D eigenvalue weighted by atomic mass is 16.5. The lowest BCUT2D eigenvalue weighted by atomic mass is 9.80. The Morgan fingerprint density at radius 1 is 1.05 bits per heavy atom. The van der Waals surface area contributed by atoms with Crippen molar-refractivity contribution in [1.29, 1.82) is 0 Å². The van der Waals surface area contributed by atoms with Crippen LogP contribution in [0.15, 0.2) is 35.2 Å². The number of aromatic nitrogens is 1. The molecule has 2 fully saturated rings. The maximum absolute atomic E-state index is 13.8. The van der Waals surface area contributed by atoms with Crippen molar-refractivity contribution >= 4 is 34.3 Å². The van der Waals surface area contributed by atoms with Crippen LogP contribution in [0.1, 0.15) is 23.8 Å². The van der Waals surface area contributed by atoms with Crippen LogP contribution in [0.25, 0.3) is 10.9 Å². The van der Waals surface area contributed by atoms with E-state index >= 15 is 0 Å². The van der Waals surface area contributed by atoms with Gasteiger partial charge in [0.25, 0.3) is 5.91 Å². The molecule has 1 saturated carbocycles. The van der Waals surface area contributed by atoms with Gasteiger partial charge in [-0.15, -0.1) is 0 Å². The highest BCUT2D eigenvalue weighted by molar-refractivity contribution is 6.26. The first-order valence-corrected chi connectivity index (χ1v) is 11.7. The van der Waals surface area contributed by atoms with E-state index < -0.39 is 28.5 Å². The lowest BCUT2D eigenvalue weighted by molar-refractivity contribution is -0.150. The number of ether oxygens (including phenoxy) is 4. The Bertz CT molecular complexity index is 1520. The number of amides is 1. The molecule has 3 heterocycles. The molecule has 2 aliphatic carbocycles. The fraction of sp³-hybridized carbons (Fsp3) is 0.385. The number of Topliss-reactive ketones (excluding diaryl/α,β-unsaturated/α-hetero) is 1. The van der Waals surface area contributed by atoms with Gasteiger partial charge < -0.3 is 34.1 Å². The van der Waals surface area contributed by atoms with Gasteiger partial charge in [0.1, 0.15) is 5.69 Å². The van der Waals surface area contributed by atoms with Crippen molar-refractivity contribution in [3.05, 3.63) is 40.9 Å². The molecule has 2 aliphatic heterocycles. The Morgan fingerprint density at radius 2 is 1.78 bits per heavy atom. The van der Waals surface area contributed by atoms with E-state index in [1.54, 1.807) is 17.0 Å². The lowest BCUT2D eigenvalue weighted by Gasteiger charge is -2.28. The molecule has 11 heteroatoms. The molecule has 11 nitrogen and oxygen atoms in total. The number of allylic oxidation sites excluding steroid dienone is 2. The zero-order chi connectivity index (χ0) is 26.4. The van der Waals surface area contributed by atoms with Crippen LogP contribution in [0.3, 0.4) is 0 Å². The number of benzene rings is 1. The number of esters is 1. The van der Waals surface area contributed by atoms with Crippen molar-refractivity contribution in [2.45, 2.75) is 18.9 Å². The zero-order valence-electron chi connectivity index (χ0n) is 20.9. The Balaban J connectivity index is 1.38. The summed E-state index contributed by atoms with van der Waals surface area (Å²) >= 11 is 0. The average molecular weight is 507 g/mol. The number of piperidine rings is 1. The van der Waals surface area contributed by atoms with E-state index in [4.69, 9.17) is 18.9 Å². The number of nitrogens with zero attached hydrogens (tertiary/aromatic N) is 1. The van der Waals surface area contributed by atoms with Gasteiger partial charge in [-0.3, -0.25) is 14.4 Å². The van der Waals surface area contributed by atoms with Crippen molar-refractivity contribution in [3.63, 3.8) is 0 Å². The predicted molar refractivity (Wildman–Crippen MR) is 128 cm³/mol. The molecule has 1 aromatic carbocycles. The largest absolute Gasteiger partial charge is 0.493 e. The molecule has 3 atom stereocenters. The minimum atomic E-state index is -1.68. The van der Waals surface area contributed by atoms with E-state index in [0.717, 1.165) is 0 Å². The Hall–Kier alpha value is -4.28. The number of carbonyl (C=O) groups excluding carboxylic acids is 4. The second-order valence-corrected chi connectivity index (χ2v) is 9.80. The van der Waals surface area contributed by atoms with E-state index in [1.165, 1.54) is 41.4 Å². The van der Waals surface area contributed by atoms with E-state index in [-0.39, 0.29) is 28.8 Å². The van der Waals surface area contributed by atoms with Crippen LogP contribution in [0, 0.1) is 11.3 Å². The first-order chi connectivity index (χ1) is 17.7. The molecule has 1 amide bonds. The molecule has 4 aliphatic rings. The summed E-state index contributed by atoms with van der Waals surface area (Å²) in [6.07, 6.45) is 2.02. The van der Waals surface area contributed by atoms with Crippen LogP contribution in [-0.2, 0) is 19.1 Å². The standard InChI is InChI=1S/C26H25N3O8/c1-25(24(33)37-5)22(31)17-19(28-25)14(30)8-16-26(17)9-12(26)10-29(16)23(32)13-6-11-7-15(34-2)20(35-3)21(36-4)18(11)27-13/h6-8,12,27-28H,9-10H2,1-5H3/t12-,25-,26+/m0/s1. The number of methoxy groups -OCH3 is 4. The number of hydrogen-bond donors (Lipinski definition) is 2. The number of likely N-dealkylation sites (tertiary alicyclic amines) is 1. The summed E-state index contributed by atoms with van der Waals surface area (Å²) in [6.45, 7) is 1.76. The molecule has 1 aromatic heterocycles. The van der Waals surface area contributed by atoms with Crippen molar-refractivity contribution in [3.8, 4) is 17.2 Å². The molecular weight excluding hydrogens is 482 g/mol. The van der Waals surface area contributed by atoms with Crippen LogP contribution >= 0.6 is 0 Å². The van der Waals surface area contributed by atoms with E-state index in [2.05, 4.69) is 10.3 Å². The first kappa shape index (κ1) is 23.1. The molecule has 1 spiro atoms. The molecule has 0 bridgehead atoms. The molecule has 37 heavy (non-hydrogen) atoms. The molecule has 0 unspecified atom stereocenters. The van der Waals surface area contributed by atoms with Crippen LogP contribution in [-0.4, -0.2) is 73.8 Å². The fourth-order valence-electron chi connectivity index (χ4n) is 6.15. The van der Waals surface area contributed by atoms with Gasteiger partial charge in [0.2, 0.25) is 11.5 Å². The van der Waals surface area contributed by atoms with E-state index in [9.17, 15) is 19.2 Å². The topological polar surface area (TPSA) is 136 Å². The van der Waals surface area contributed by atoms with Gasteiger partial charge in [-0.2, -0.15) is 0 Å². The SMILES string of the molecule is COC(=O)[C@@]1(C)NC2=C(C1=O)[C@]13C[C@H]1CN(C(=O)c1cc4cc(OC)c(OC)c(OC)c4[nH]1)C3=CC2=O. The van der Waals surface area contributed by atoms with Gasteiger partial charge in [-0.1, -0.05) is 0 Å². The number of fused-ring (bicyclic) bond motifs is 1. The van der Waals surface area contributed by atoms with Gasteiger partial charge in [-0.25, -0.2) is 4.79 Å². The normalized spacial score (nSPS) is 27.3. The number of nitrogens with one attached hydrogen (secondary N) is 2. The van der Waals surface area contributed by atoms with Gasteiger partial charge in [0.15, 0.2) is 22.8 Å². The number of rotatable bonds is 5. The third-order valence-corrected chi connectivity index (χ3v) is 8.01. The van der Waals surface area contributed by atoms with E-state index in [1.807, 2.05) is 0 Å². The third kappa shape index (κ3) is 2.71. The Labute approximate surface area is 211 Å². The zero-order valence-corrected chi connectivity index (χ0v) is 20.9. The second-order valence-electron chi connectivity index (χ2n) is 9.80. The molecule has 6 rings (SSSR count). The Morgan fingerprint density at radius 3 is 2.43 bits per heavy atom. The average Bonchev–Trinajstić information content (AvgIpc) is 3.15. The Kier molecular flexibility index (Phi) is 4.61. The minimum Gasteiger partial charge on any atom is -0.493 e. The number of ketones is 2. The molecular formula is C26H25N3O8. The smallest absolute Gasteiger partial charge is 0.339 e. The third-order valence-electron chi connectivity index (χ3n) is 8.01. The highest BCUT2D eigenvalue weighted by Crippen LogP contribution is 2.70. The summed E-state index contributed by atoms with van der Waals surface area (Å²) < 4.78 is 21.2. The summed E-state index contributed by atoms with van der Waals surface area (Å²) in [5.74, 6) is -0.852. The predicted octanol–water partition coefficient (Wildman–Crippen LogP) is 1.48. The van der Waals surface area contributed by atoms with Crippen LogP contribution in [0.2, 0.25) is 0 Å². The van der Waals surface area contributed by atoms with Crippen molar-refractivity contribution in [2.75, 3.05) is 35.0 Å². The molecule has 0 radical (unpaired) electrons. The van der Waals surface area contributed by atoms with Crippen molar-refractivity contribution < 1.29 is 38.1 Å². The molecule has 2 aromatic rings. The highest BCUT2D eigenvalue weighted by Gasteiger charge is 2.73. The van der Waals surface area contributed by atoms with Gasteiger partial charge in [0.05, 0.1) is 39.7 Å².